The Hall–Kier alpha value is -1.55. The minimum absolute atomic E-state index is 0.373. The van der Waals surface area contributed by atoms with Crippen molar-refractivity contribution in [3.05, 3.63) is 29.8 Å². The molecule has 15 heavy (non-hydrogen) atoms. The van der Waals surface area contributed by atoms with E-state index in [0.717, 1.165) is 0 Å². The number of ether oxygens (including phenoxy) is 1. The number of hydrogen-bond acceptors (Lipinski definition) is 3. The number of primary amides is 1. The summed E-state index contributed by atoms with van der Waals surface area (Å²) in [6.07, 6.45) is 0. The van der Waals surface area contributed by atoms with E-state index in [4.69, 9.17) is 16.2 Å². The number of carbonyl (C=O) groups excluding carboxylic acids is 1. The van der Waals surface area contributed by atoms with E-state index < -0.39 is 5.91 Å². The summed E-state index contributed by atoms with van der Waals surface area (Å²) in [5, 5.41) is 0. The van der Waals surface area contributed by atoms with Gasteiger partial charge in [0.15, 0.2) is 0 Å². The van der Waals surface area contributed by atoms with Gasteiger partial charge in [0.1, 0.15) is 12.4 Å². The molecule has 0 saturated carbocycles. The predicted molar refractivity (Wildman–Crippen MR) is 58.7 cm³/mol. The average molecular weight is 208 g/mol. The fourth-order valence-electron chi connectivity index (χ4n) is 0.985. The number of benzene rings is 1. The van der Waals surface area contributed by atoms with Crippen molar-refractivity contribution in [2.75, 3.05) is 6.61 Å². The number of carbonyl (C=O) groups is 1. The van der Waals surface area contributed by atoms with Gasteiger partial charge >= 0.3 is 0 Å². The van der Waals surface area contributed by atoms with Crippen molar-refractivity contribution in [3.8, 4) is 5.75 Å². The van der Waals surface area contributed by atoms with Crippen molar-refractivity contribution in [1.29, 1.82) is 0 Å². The fraction of sp³-hybridized carbons (Fsp3) is 0.364. The number of amides is 1. The molecule has 4 heteroatoms. The lowest BCUT2D eigenvalue weighted by molar-refractivity contribution is 0.1000. The Balaban J connectivity index is 2.61. The first-order valence-electron chi connectivity index (χ1n) is 4.70. The van der Waals surface area contributed by atoms with Crippen LogP contribution in [0.3, 0.4) is 0 Å². The second-order valence-corrected chi connectivity index (χ2v) is 4.17. The maximum atomic E-state index is 10.8. The van der Waals surface area contributed by atoms with Crippen LogP contribution in [-0.4, -0.2) is 18.1 Å². The molecule has 0 unspecified atom stereocenters. The monoisotopic (exact) mass is 208 g/mol. The van der Waals surface area contributed by atoms with Gasteiger partial charge in [0, 0.05) is 11.1 Å². The molecular weight excluding hydrogens is 192 g/mol. The molecule has 1 rings (SSSR count). The van der Waals surface area contributed by atoms with Crippen molar-refractivity contribution in [2.24, 2.45) is 11.5 Å². The van der Waals surface area contributed by atoms with Crippen molar-refractivity contribution < 1.29 is 9.53 Å². The second-order valence-electron chi connectivity index (χ2n) is 4.17. The topological polar surface area (TPSA) is 78.3 Å². The van der Waals surface area contributed by atoms with Gasteiger partial charge in [0.2, 0.25) is 5.91 Å². The highest BCUT2D eigenvalue weighted by Crippen LogP contribution is 2.13. The van der Waals surface area contributed by atoms with Crippen molar-refractivity contribution in [2.45, 2.75) is 19.4 Å². The molecule has 1 aromatic carbocycles. The third-order valence-electron chi connectivity index (χ3n) is 1.75. The zero-order valence-corrected chi connectivity index (χ0v) is 8.99. The maximum absolute atomic E-state index is 10.8. The standard InChI is InChI=1S/C11H16N2O2/c1-11(2,13)7-15-9-5-3-8(4-6-9)10(12)14/h3-6H,7,13H2,1-2H3,(H2,12,14). The van der Waals surface area contributed by atoms with Crippen LogP contribution >= 0.6 is 0 Å². The lowest BCUT2D eigenvalue weighted by Gasteiger charge is -2.18. The molecule has 82 valence electrons. The molecule has 0 saturated heterocycles. The van der Waals surface area contributed by atoms with E-state index in [1.165, 1.54) is 0 Å². The zero-order chi connectivity index (χ0) is 11.5. The van der Waals surface area contributed by atoms with E-state index >= 15 is 0 Å². The van der Waals surface area contributed by atoms with Crippen molar-refractivity contribution in [1.82, 2.24) is 0 Å². The summed E-state index contributed by atoms with van der Waals surface area (Å²) < 4.78 is 5.43. The molecule has 0 aliphatic rings. The van der Waals surface area contributed by atoms with Gasteiger partial charge < -0.3 is 16.2 Å². The van der Waals surface area contributed by atoms with E-state index in [2.05, 4.69) is 0 Å². The SMILES string of the molecule is CC(C)(N)COc1ccc(C(N)=O)cc1. The van der Waals surface area contributed by atoms with Crippen LogP contribution in [0.5, 0.6) is 5.75 Å². The normalized spacial score (nSPS) is 11.1. The summed E-state index contributed by atoms with van der Waals surface area (Å²) in [7, 11) is 0. The third-order valence-corrected chi connectivity index (χ3v) is 1.75. The Morgan fingerprint density at radius 3 is 2.27 bits per heavy atom. The van der Waals surface area contributed by atoms with Crippen LogP contribution in [0.2, 0.25) is 0 Å². The molecule has 0 spiro atoms. The van der Waals surface area contributed by atoms with Gasteiger partial charge in [0.05, 0.1) is 0 Å². The maximum Gasteiger partial charge on any atom is 0.248 e. The van der Waals surface area contributed by atoms with E-state index in [9.17, 15) is 4.79 Å². The van der Waals surface area contributed by atoms with Crippen LogP contribution < -0.4 is 16.2 Å². The first-order valence-corrected chi connectivity index (χ1v) is 4.70. The molecule has 4 N–H and O–H groups in total. The Labute approximate surface area is 89.2 Å². The summed E-state index contributed by atoms with van der Waals surface area (Å²) in [5.74, 6) is 0.235. The van der Waals surface area contributed by atoms with Gasteiger partial charge in [-0.05, 0) is 38.1 Å². The number of rotatable bonds is 4. The van der Waals surface area contributed by atoms with Crippen LogP contribution in [0.25, 0.3) is 0 Å². The second kappa shape index (κ2) is 4.31. The Morgan fingerprint density at radius 2 is 1.87 bits per heavy atom. The quantitative estimate of drug-likeness (QED) is 0.771. The highest BCUT2D eigenvalue weighted by atomic mass is 16.5. The van der Waals surface area contributed by atoms with Gasteiger partial charge in [-0.25, -0.2) is 0 Å². The lowest BCUT2D eigenvalue weighted by atomic mass is 10.1. The Kier molecular flexibility index (Phi) is 3.31. The molecule has 4 nitrogen and oxygen atoms in total. The molecule has 0 aliphatic carbocycles. The highest BCUT2D eigenvalue weighted by molar-refractivity contribution is 5.92. The number of hydrogen-bond donors (Lipinski definition) is 2. The molecule has 0 atom stereocenters. The van der Waals surface area contributed by atoms with Crippen LogP contribution in [-0.2, 0) is 0 Å². The molecule has 1 aromatic rings. The average Bonchev–Trinajstić information content (AvgIpc) is 2.14. The first kappa shape index (κ1) is 11.5. The van der Waals surface area contributed by atoms with Crippen molar-refractivity contribution in [3.63, 3.8) is 0 Å². The molecule has 0 bridgehead atoms. The Morgan fingerprint density at radius 1 is 1.33 bits per heavy atom. The summed E-state index contributed by atoms with van der Waals surface area (Å²) in [6, 6.07) is 6.65. The molecule has 0 aromatic heterocycles. The molecule has 0 heterocycles. The van der Waals surface area contributed by atoms with E-state index in [0.29, 0.717) is 17.9 Å². The van der Waals surface area contributed by atoms with Gasteiger partial charge in [-0.1, -0.05) is 0 Å². The highest BCUT2D eigenvalue weighted by Gasteiger charge is 2.11. The molecular formula is C11H16N2O2. The fourth-order valence-corrected chi connectivity index (χ4v) is 0.985. The third kappa shape index (κ3) is 3.99. The molecule has 0 aliphatic heterocycles. The lowest BCUT2D eigenvalue weighted by Crippen LogP contribution is -2.38. The van der Waals surface area contributed by atoms with Crippen molar-refractivity contribution >= 4 is 5.91 Å². The van der Waals surface area contributed by atoms with Gasteiger partial charge in [-0.15, -0.1) is 0 Å². The minimum Gasteiger partial charge on any atom is -0.492 e. The molecule has 1 amide bonds. The van der Waals surface area contributed by atoms with Crippen LogP contribution in [0.15, 0.2) is 24.3 Å². The summed E-state index contributed by atoms with van der Waals surface area (Å²) in [6.45, 7) is 4.18. The van der Waals surface area contributed by atoms with Gasteiger partial charge in [-0.2, -0.15) is 0 Å². The summed E-state index contributed by atoms with van der Waals surface area (Å²) in [5.41, 5.74) is 11.0. The predicted octanol–water partition coefficient (Wildman–Crippen LogP) is 0.902. The van der Waals surface area contributed by atoms with Crippen LogP contribution in [0.1, 0.15) is 24.2 Å². The summed E-state index contributed by atoms with van der Waals surface area (Å²) in [4.78, 5) is 10.8. The largest absolute Gasteiger partial charge is 0.492 e. The van der Waals surface area contributed by atoms with Crippen LogP contribution in [0, 0.1) is 0 Å². The van der Waals surface area contributed by atoms with Gasteiger partial charge in [-0.3, -0.25) is 4.79 Å². The summed E-state index contributed by atoms with van der Waals surface area (Å²) >= 11 is 0. The van der Waals surface area contributed by atoms with Gasteiger partial charge in [0.25, 0.3) is 0 Å². The molecule has 0 fully saturated rings. The van der Waals surface area contributed by atoms with E-state index in [-0.39, 0.29) is 5.54 Å². The molecule has 0 radical (unpaired) electrons. The minimum atomic E-state index is -0.444. The zero-order valence-electron chi connectivity index (χ0n) is 8.99. The van der Waals surface area contributed by atoms with E-state index in [1.807, 2.05) is 13.8 Å². The van der Waals surface area contributed by atoms with E-state index in [1.54, 1.807) is 24.3 Å². The smallest absolute Gasteiger partial charge is 0.248 e. The Bertz CT molecular complexity index is 339. The first-order chi connectivity index (χ1) is 6.88. The van der Waals surface area contributed by atoms with Crippen LogP contribution in [0.4, 0.5) is 0 Å². The number of nitrogens with two attached hydrogens (primary N) is 2.